The van der Waals surface area contributed by atoms with Gasteiger partial charge in [0.05, 0.1) is 26.3 Å². The summed E-state index contributed by atoms with van der Waals surface area (Å²) < 4.78 is 10.8. The minimum atomic E-state index is -0.748. The number of carbonyl (C=O) groups is 2. The number of carbonyl (C=O) groups excluding carboxylic acids is 2. The van der Waals surface area contributed by atoms with Gasteiger partial charge in [0.15, 0.2) is 16.6 Å². The highest BCUT2D eigenvalue weighted by Gasteiger charge is 2.44. The van der Waals surface area contributed by atoms with E-state index in [4.69, 9.17) is 33.3 Å². The number of hydrogen-bond acceptors (Lipinski definition) is 5. The molecule has 0 radical (unpaired) electrons. The molecular weight excluding hydrogens is 522 g/mol. The van der Waals surface area contributed by atoms with Crippen LogP contribution < -0.4 is 19.7 Å². The lowest BCUT2D eigenvalue weighted by molar-refractivity contribution is -0.124. The van der Waals surface area contributed by atoms with Gasteiger partial charge in [-0.3, -0.25) is 14.5 Å². The maximum Gasteiger partial charge on any atom is 0.256 e. The van der Waals surface area contributed by atoms with Crippen molar-refractivity contribution in [1.82, 2.24) is 4.90 Å². The number of benzene rings is 3. The van der Waals surface area contributed by atoms with Crippen LogP contribution in [0.15, 0.2) is 60.7 Å². The Balaban J connectivity index is 1.59. The minimum Gasteiger partial charge on any atom is -0.493 e. The third kappa shape index (κ3) is 5.76. The second-order valence-electron chi connectivity index (χ2n) is 9.11. The number of thiocarbonyl (C=S) groups is 1. The lowest BCUT2D eigenvalue weighted by atomic mass is 10.1. The maximum atomic E-state index is 13.7. The maximum absolute atomic E-state index is 13.7. The molecule has 3 aromatic carbocycles. The normalized spacial score (nSPS) is 15.1. The number of ether oxygens (including phenoxy) is 2. The third-order valence-electron chi connectivity index (χ3n) is 6.59. The topological polar surface area (TPSA) is 71.1 Å². The number of anilines is 2. The van der Waals surface area contributed by atoms with E-state index in [0.717, 1.165) is 16.7 Å². The minimum absolute atomic E-state index is 0.0564. The summed E-state index contributed by atoms with van der Waals surface area (Å²) in [6.45, 7) is 4.24. The number of nitrogens with one attached hydrogen (secondary N) is 1. The first-order chi connectivity index (χ1) is 18.2. The lowest BCUT2D eigenvalue weighted by Gasteiger charge is -2.24. The summed E-state index contributed by atoms with van der Waals surface area (Å²) in [6.07, 6.45) is 0.528. The van der Waals surface area contributed by atoms with Crippen LogP contribution in [0.1, 0.15) is 23.1 Å². The molecule has 1 saturated heterocycles. The molecule has 1 aliphatic heterocycles. The van der Waals surface area contributed by atoms with Crippen LogP contribution in [0.4, 0.5) is 11.4 Å². The zero-order chi connectivity index (χ0) is 27.4. The van der Waals surface area contributed by atoms with Crippen LogP contribution in [-0.2, 0) is 16.0 Å². The molecule has 1 atom stereocenters. The zero-order valence-electron chi connectivity index (χ0n) is 21.8. The predicted octanol–water partition coefficient (Wildman–Crippen LogP) is 5.55. The van der Waals surface area contributed by atoms with E-state index >= 15 is 0 Å². The number of aryl methyl sites for hydroxylation is 1. The second kappa shape index (κ2) is 11.8. The Kier molecular flexibility index (Phi) is 8.54. The molecule has 1 unspecified atom stereocenters. The molecule has 4 rings (SSSR count). The standard InChI is InChI=1S/C29H30ClN3O4S/c1-18-7-5-8-21(15-18)33-28(35)24(17-27(34)31-23-10-6-9-22(30)19(23)2)32(29(33)38)14-13-20-11-12-25(36-3)26(16-20)37-4/h5-12,15-16,24H,13-14,17H2,1-4H3,(H,31,34). The number of rotatable bonds is 9. The van der Waals surface area contributed by atoms with Gasteiger partial charge < -0.3 is 19.7 Å². The van der Waals surface area contributed by atoms with Crippen LogP contribution in [0, 0.1) is 13.8 Å². The number of hydrogen-bond donors (Lipinski definition) is 1. The first kappa shape index (κ1) is 27.4. The molecule has 7 nitrogen and oxygen atoms in total. The molecule has 198 valence electrons. The highest BCUT2D eigenvalue weighted by atomic mass is 35.5. The molecule has 0 spiro atoms. The quantitative estimate of drug-likeness (QED) is 0.352. The fraction of sp³-hybridized carbons (Fsp3) is 0.276. The van der Waals surface area contributed by atoms with Crippen molar-refractivity contribution in [2.45, 2.75) is 32.7 Å². The third-order valence-corrected chi connectivity index (χ3v) is 7.41. The zero-order valence-corrected chi connectivity index (χ0v) is 23.4. The van der Waals surface area contributed by atoms with Crippen LogP contribution >= 0.6 is 23.8 Å². The van der Waals surface area contributed by atoms with E-state index < -0.39 is 6.04 Å². The summed E-state index contributed by atoms with van der Waals surface area (Å²) in [5, 5.41) is 3.84. The van der Waals surface area contributed by atoms with Gasteiger partial charge >= 0.3 is 0 Å². The van der Waals surface area contributed by atoms with Crippen molar-refractivity contribution < 1.29 is 19.1 Å². The van der Waals surface area contributed by atoms with Gasteiger partial charge in [0.2, 0.25) is 5.91 Å². The number of halogens is 1. The van der Waals surface area contributed by atoms with E-state index in [-0.39, 0.29) is 18.2 Å². The van der Waals surface area contributed by atoms with E-state index in [1.807, 2.05) is 61.2 Å². The van der Waals surface area contributed by atoms with Crippen LogP contribution in [0.25, 0.3) is 0 Å². The first-order valence-electron chi connectivity index (χ1n) is 12.2. The highest BCUT2D eigenvalue weighted by Crippen LogP contribution is 2.31. The van der Waals surface area contributed by atoms with Gasteiger partial charge in [-0.05, 0) is 85.6 Å². The molecule has 0 aliphatic carbocycles. The van der Waals surface area contributed by atoms with E-state index in [9.17, 15) is 9.59 Å². The van der Waals surface area contributed by atoms with Gasteiger partial charge in [0.25, 0.3) is 5.91 Å². The Morgan fingerprint density at radius 1 is 1.03 bits per heavy atom. The van der Waals surface area contributed by atoms with Crippen molar-refractivity contribution in [3.63, 3.8) is 0 Å². The van der Waals surface area contributed by atoms with Gasteiger partial charge in [-0.2, -0.15) is 0 Å². The predicted molar refractivity (Wildman–Crippen MR) is 154 cm³/mol. The number of nitrogens with zero attached hydrogens (tertiary/aromatic N) is 2. The number of amides is 2. The molecule has 1 fully saturated rings. The van der Waals surface area contributed by atoms with Gasteiger partial charge in [0, 0.05) is 17.3 Å². The molecule has 1 heterocycles. The first-order valence-corrected chi connectivity index (χ1v) is 13.0. The van der Waals surface area contributed by atoms with Crippen molar-refractivity contribution in [2.75, 3.05) is 31.0 Å². The fourth-order valence-electron chi connectivity index (χ4n) is 4.50. The van der Waals surface area contributed by atoms with Crippen molar-refractivity contribution in [2.24, 2.45) is 0 Å². The summed E-state index contributed by atoms with van der Waals surface area (Å²) in [6, 6.07) is 17.9. The molecule has 0 bridgehead atoms. The van der Waals surface area contributed by atoms with Crippen LogP contribution in [0.3, 0.4) is 0 Å². The second-order valence-corrected chi connectivity index (χ2v) is 9.88. The van der Waals surface area contributed by atoms with Gasteiger partial charge in [-0.15, -0.1) is 0 Å². The highest BCUT2D eigenvalue weighted by molar-refractivity contribution is 7.80. The molecule has 1 aliphatic rings. The molecule has 1 N–H and O–H groups in total. The smallest absolute Gasteiger partial charge is 0.256 e. The molecule has 3 aromatic rings. The Bertz CT molecular complexity index is 1380. The largest absolute Gasteiger partial charge is 0.493 e. The molecule has 9 heteroatoms. The Labute approximate surface area is 233 Å². The van der Waals surface area contributed by atoms with Gasteiger partial charge in [0.1, 0.15) is 6.04 Å². The van der Waals surface area contributed by atoms with Crippen molar-refractivity contribution in [1.29, 1.82) is 0 Å². The number of methoxy groups -OCH3 is 2. The summed E-state index contributed by atoms with van der Waals surface area (Å²) in [4.78, 5) is 30.2. The van der Waals surface area contributed by atoms with Gasteiger partial charge in [-0.1, -0.05) is 35.9 Å². The van der Waals surface area contributed by atoms with E-state index in [1.165, 1.54) is 4.90 Å². The van der Waals surface area contributed by atoms with E-state index in [2.05, 4.69) is 5.32 Å². The van der Waals surface area contributed by atoms with Crippen LogP contribution in [0.5, 0.6) is 11.5 Å². The summed E-state index contributed by atoms with van der Waals surface area (Å²) in [5.41, 5.74) is 4.06. The lowest BCUT2D eigenvalue weighted by Crippen LogP contribution is -2.39. The summed E-state index contributed by atoms with van der Waals surface area (Å²) in [7, 11) is 3.18. The monoisotopic (exact) mass is 551 g/mol. The van der Waals surface area contributed by atoms with Crippen molar-refractivity contribution in [3.8, 4) is 11.5 Å². The molecule has 38 heavy (non-hydrogen) atoms. The Morgan fingerprint density at radius 2 is 1.76 bits per heavy atom. The van der Waals surface area contributed by atoms with E-state index in [1.54, 1.807) is 32.4 Å². The fourth-order valence-corrected chi connectivity index (χ4v) is 5.09. The van der Waals surface area contributed by atoms with E-state index in [0.29, 0.717) is 46.0 Å². The van der Waals surface area contributed by atoms with Crippen molar-refractivity contribution in [3.05, 3.63) is 82.4 Å². The average Bonchev–Trinajstić information content (AvgIpc) is 3.13. The summed E-state index contributed by atoms with van der Waals surface area (Å²) >= 11 is 12.0. The van der Waals surface area contributed by atoms with Crippen LogP contribution in [0.2, 0.25) is 5.02 Å². The molecule has 0 saturated carbocycles. The molecule has 0 aromatic heterocycles. The Hall–Kier alpha value is -3.62. The van der Waals surface area contributed by atoms with Crippen molar-refractivity contribution >= 4 is 52.1 Å². The van der Waals surface area contributed by atoms with Crippen LogP contribution in [-0.4, -0.2) is 48.6 Å². The average molecular weight is 552 g/mol. The molecule has 2 amide bonds. The van der Waals surface area contributed by atoms with Gasteiger partial charge in [-0.25, -0.2) is 0 Å². The Morgan fingerprint density at radius 3 is 2.47 bits per heavy atom. The SMILES string of the molecule is COc1ccc(CCN2C(=S)N(c3cccc(C)c3)C(=O)C2CC(=O)Nc2cccc(Cl)c2C)cc1OC. The summed E-state index contributed by atoms with van der Waals surface area (Å²) in [5.74, 6) is 0.739. The molecular formula is C29H30ClN3O4S.